The molecule has 2 aromatic rings. The molecule has 1 atom stereocenters. The first-order valence-corrected chi connectivity index (χ1v) is 8.57. The Bertz CT molecular complexity index is 835. The summed E-state index contributed by atoms with van der Waals surface area (Å²) in [5, 5.41) is 5.36. The van der Waals surface area contributed by atoms with E-state index in [0.717, 1.165) is 12.8 Å². The Balaban J connectivity index is 1.99. The largest absolute Gasteiger partial charge is 0.430 e. The molecule has 0 radical (unpaired) electrons. The Kier molecular flexibility index (Phi) is 5.02. The van der Waals surface area contributed by atoms with Crippen molar-refractivity contribution in [3.8, 4) is 0 Å². The maximum absolute atomic E-state index is 12.9. The van der Waals surface area contributed by atoms with Crippen molar-refractivity contribution in [1.29, 1.82) is 0 Å². The quantitative estimate of drug-likeness (QED) is 0.475. The number of esters is 1. The van der Waals surface area contributed by atoms with Gasteiger partial charge in [0.1, 0.15) is 0 Å². The minimum atomic E-state index is -2.03. The molecule has 2 amide bonds. The number of para-hydroxylation sites is 1. The highest BCUT2D eigenvalue weighted by molar-refractivity contribution is 6.20. The van der Waals surface area contributed by atoms with E-state index in [-0.39, 0.29) is 5.56 Å². The number of anilines is 1. The van der Waals surface area contributed by atoms with Crippen LogP contribution in [0, 0.1) is 0 Å². The fourth-order valence-corrected chi connectivity index (χ4v) is 2.88. The van der Waals surface area contributed by atoms with Crippen LogP contribution in [0.15, 0.2) is 54.6 Å². The average molecular weight is 352 g/mol. The lowest BCUT2D eigenvalue weighted by Crippen LogP contribution is -2.52. The molecule has 2 aromatic carbocycles. The van der Waals surface area contributed by atoms with Crippen molar-refractivity contribution in [2.75, 3.05) is 11.9 Å². The van der Waals surface area contributed by atoms with Gasteiger partial charge in [-0.2, -0.15) is 0 Å². The van der Waals surface area contributed by atoms with Crippen molar-refractivity contribution in [1.82, 2.24) is 5.32 Å². The van der Waals surface area contributed by atoms with E-state index in [9.17, 15) is 14.4 Å². The van der Waals surface area contributed by atoms with E-state index in [4.69, 9.17) is 4.74 Å². The summed E-state index contributed by atoms with van der Waals surface area (Å²) < 4.78 is 5.55. The number of nitrogens with one attached hydrogen (secondary N) is 2. The highest BCUT2D eigenvalue weighted by atomic mass is 16.6. The number of carbonyl (C=O) groups excluding carboxylic acids is 3. The minimum Gasteiger partial charge on any atom is -0.430 e. The van der Waals surface area contributed by atoms with Gasteiger partial charge in [0, 0.05) is 17.8 Å². The lowest BCUT2D eigenvalue weighted by molar-refractivity contribution is -0.151. The summed E-state index contributed by atoms with van der Waals surface area (Å²) in [6.45, 7) is 2.39. The molecule has 1 aliphatic heterocycles. The molecule has 0 spiro atoms. The molecule has 2 N–H and O–H groups in total. The number of unbranched alkanes of at least 4 members (excludes halogenated alkanes) is 1. The molecular weight excluding hydrogens is 332 g/mol. The fraction of sp³-hybridized carbons (Fsp3) is 0.250. The summed E-state index contributed by atoms with van der Waals surface area (Å²) in [4.78, 5) is 38.3. The SMILES string of the molecule is CCCCNC(=O)C1(OC(=O)c2ccccc2)C(=O)Nc2ccccc21. The minimum absolute atomic E-state index is 0.269. The third-order valence-electron chi connectivity index (χ3n) is 4.27. The van der Waals surface area contributed by atoms with E-state index in [1.165, 1.54) is 0 Å². The maximum Gasteiger partial charge on any atom is 0.340 e. The lowest BCUT2D eigenvalue weighted by Gasteiger charge is -2.26. The highest BCUT2D eigenvalue weighted by Gasteiger charge is 2.56. The summed E-state index contributed by atoms with van der Waals surface area (Å²) in [5.41, 5.74) is -0.963. The summed E-state index contributed by atoms with van der Waals surface area (Å²) in [6.07, 6.45) is 1.65. The zero-order chi connectivity index (χ0) is 18.6. The Labute approximate surface area is 151 Å². The Morgan fingerprint density at radius 3 is 2.50 bits per heavy atom. The van der Waals surface area contributed by atoms with E-state index >= 15 is 0 Å². The van der Waals surface area contributed by atoms with Gasteiger partial charge in [-0.1, -0.05) is 49.7 Å². The monoisotopic (exact) mass is 352 g/mol. The molecule has 0 saturated heterocycles. The van der Waals surface area contributed by atoms with Gasteiger partial charge in [-0.25, -0.2) is 4.79 Å². The first kappa shape index (κ1) is 17.7. The van der Waals surface area contributed by atoms with Crippen molar-refractivity contribution >= 4 is 23.5 Å². The topological polar surface area (TPSA) is 84.5 Å². The molecule has 1 aliphatic rings. The van der Waals surface area contributed by atoms with Crippen molar-refractivity contribution < 1.29 is 19.1 Å². The van der Waals surface area contributed by atoms with E-state index in [1.807, 2.05) is 6.92 Å². The average Bonchev–Trinajstić information content (AvgIpc) is 2.95. The highest BCUT2D eigenvalue weighted by Crippen LogP contribution is 2.39. The normalized spacial score (nSPS) is 18.0. The second-order valence-corrected chi connectivity index (χ2v) is 6.05. The molecule has 0 aliphatic carbocycles. The van der Waals surface area contributed by atoms with Gasteiger partial charge in [0.25, 0.3) is 17.4 Å². The van der Waals surface area contributed by atoms with Gasteiger partial charge in [0.15, 0.2) is 0 Å². The van der Waals surface area contributed by atoms with Crippen molar-refractivity contribution in [2.45, 2.75) is 25.4 Å². The first-order valence-electron chi connectivity index (χ1n) is 8.57. The summed E-state index contributed by atoms with van der Waals surface area (Å²) in [7, 11) is 0. The second-order valence-electron chi connectivity index (χ2n) is 6.05. The Hall–Kier alpha value is -3.15. The zero-order valence-electron chi connectivity index (χ0n) is 14.5. The predicted molar refractivity (Wildman–Crippen MR) is 96.5 cm³/mol. The third kappa shape index (κ3) is 3.06. The van der Waals surface area contributed by atoms with Gasteiger partial charge in [0.2, 0.25) is 0 Å². The predicted octanol–water partition coefficient (Wildman–Crippen LogP) is 2.61. The van der Waals surface area contributed by atoms with Crippen LogP contribution in [-0.2, 0) is 19.9 Å². The van der Waals surface area contributed by atoms with Crippen LogP contribution >= 0.6 is 0 Å². The van der Waals surface area contributed by atoms with Gasteiger partial charge in [-0.3, -0.25) is 9.59 Å². The molecule has 0 saturated carbocycles. The van der Waals surface area contributed by atoms with Crippen molar-refractivity contribution in [3.05, 3.63) is 65.7 Å². The van der Waals surface area contributed by atoms with Crippen LogP contribution in [0.3, 0.4) is 0 Å². The molecule has 26 heavy (non-hydrogen) atoms. The smallest absolute Gasteiger partial charge is 0.340 e. The number of hydrogen-bond acceptors (Lipinski definition) is 4. The number of amides is 2. The second kappa shape index (κ2) is 7.39. The van der Waals surface area contributed by atoms with Crippen molar-refractivity contribution in [3.63, 3.8) is 0 Å². The number of fused-ring (bicyclic) bond motifs is 1. The van der Waals surface area contributed by atoms with E-state index < -0.39 is 23.4 Å². The number of hydrogen-bond donors (Lipinski definition) is 2. The van der Waals surface area contributed by atoms with E-state index in [0.29, 0.717) is 17.8 Å². The van der Waals surface area contributed by atoms with Gasteiger partial charge in [-0.05, 0) is 24.6 Å². The van der Waals surface area contributed by atoms with Crippen LogP contribution in [0.25, 0.3) is 0 Å². The summed E-state index contributed by atoms with van der Waals surface area (Å²) in [5.74, 6) is -2.04. The van der Waals surface area contributed by atoms with Crippen LogP contribution in [0.1, 0.15) is 35.7 Å². The molecule has 0 aromatic heterocycles. The molecular formula is C20H20N2O4. The standard InChI is InChI=1S/C20H20N2O4/c1-2-3-13-21-18(24)20(26-17(23)14-9-5-4-6-10-14)15-11-7-8-12-16(15)22-19(20)25/h4-12H,2-3,13H2,1H3,(H,21,24)(H,22,25). The van der Waals surface area contributed by atoms with E-state index in [2.05, 4.69) is 10.6 Å². The van der Waals surface area contributed by atoms with Crippen LogP contribution in [-0.4, -0.2) is 24.3 Å². The van der Waals surface area contributed by atoms with Crippen LogP contribution < -0.4 is 10.6 Å². The number of ether oxygens (including phenoxy) is 1. The molecule has 6 nitrogen and oxygen atoms in total. The van der Waals surface area contributed by atoms with Gasteiger partial charge in [-0.15, -0.1) is 0 Å². The molecule has 0 bridgehead atoms. The zero-order valence-corrected chi connectivity index (χ0v) is 14.5. The molecule has 0 fully saturated rings. The van der Waals surface area contributed by atoms with Gasteiger partial charge >= 0.3 is 5.97 Å². The molecule has 3 rings (SSSR count). The van der Waals surface area contributed by atoms with Crippen LogP contribution in [0.2, 0.25) is 0 Å². The number of carbonyl (C=O) groups is 3. The molecule has 134 valence electrons. The molecule has 6 heteroatoms. The van der Waals surface area contributed by atoms with Crippen LogP contribution in [0.4, 0.5) is 5.69 Å². The maximum atomic E-state index is 12.9. The van der Waals surface area contributed by atoms with Crippen LogP contribution in [0.5, 0.6) is 0 Å². The lowest BCUT2D eigenvalue weighted by atomic mass is 9.93. The molecule has 1 heterocycles. The van der Waals surface area contributed by atoms with Crippen molar-refractivity contribution in [2.24, 2.45) is 0 Å². The Morgan fingerprint density at radius 1 is 1.08 bits per heavy atom. The third-order valence-corrected chi connectivity index (χ3v) is 4.27. The number of rotatable bonds is 6. The summed E-state index contributed by atoms with van der Waals surface area (Å²) >= 11 is 0. The van der Waals surface area contributed by atoms with Gasteiger partial charge < -0.3 is 15.4 Å². The van der Waals surface area contributed by atoms with E-state index in [1.54, 1.807) is 54.6 Å². The van der Waals surface area contributed by atoms with Gasteiger partial charge in [0.05, 0.1) is 5.56 Å². The fourth-order valence-electron chi connectivity index (χ4n) is 2.88. The Morgan fingerprint density at radius 2 is 1.77 bits per heavy atom. The number of benzene rings is 2. The first-order chi connectivity index (χ1) is 12.6. The summed E-state index contributed by atoms with van der Waals surface area (Å²) in [6, 6.07) is 15.0. The molecule has 1 unspecified atom stereocenters.